The fourth-order valence-electron chi connectivity index (χ4n) is 2.03. The van der Waals surface area contributed by atoms with E-state index in [0.29, 0.717) is 11.4 Å². The third-order valence-corrected chi connectivity index (χ3v) is 3.29. The van der Waals surface area contributed by atoms with Crippen LogP contribution in [0, 0.1) is 17.0 Å². The van der Waals surface area contributed by atoms with E-state index >= 15 is 0 Å². The van der Waals surface area contributed by atoms with E-state index in [1.165, 1.54) is 0 Å². The summed E-state index contributed by atoms with van der Waals surface area (Å²) in [5.74, 6) is 0.566. The average Bonchev–Trinajstić information content (AvgIpc) is 2.46. The molecule has 0 fully saturated rings. The van der Waals surface area contributed by atoms with Gasteiger partial charge in [-0.25, -0.2) is 4.98 Å². The maximum Gasteiger partial charge on any atom is 0.314 e. The molecule has 21 heavy (non-hydrogen) atoms. The highest BCUT2D eigenvalue weighted by Gasteiger charge is 2.21. The molecule has 0 saturated heterocycles. The summed E-state index contributed by atoms with van der Waals surface area (Å²) in [6.45, 7) is 3.65. The molecular weight excluding hydrogens is 270 g/mol. The molecule has 0 bridgehead atoms. The van der Waals surface area contributed by atoms with Crippen LogP contribution in [0.2, 0.25) is 0 Å². The van der Waals surface area contributed by atoms with Crippen LogP contribution in [0.1, 0.15) is 24.1 Å². The second kappa shape index (κ2) is 6.32. The summed E-state index contributed by atoms with van der Waals surface area (Å²) in [6, 6.07) is 8.69. The molecule has 0 aliphatic heterocycles. The monoisotopic (exact) mass is 287 g/mol. The van der Waals surface area contributed by atoms with Crippen molar-refractivity contribution in [1.29, 1.82) is 0 Å². The molecule has 1 aromatic carbocycles. The van der Waals surface area contributed by atoms with Gasteiger partial charge >= 0.3 is 5.69 Å². The summed E-state index contributed by atoms with van der Waals surface area (Å²) in [5.41, 5.74) is 1.36. The zero-order valence-electron chi connectivity index (χ0n) is 12.2. The number of aryl methyl sites for hydroxylation is 1. The minimum absolute atomic E-state index is 0.0255. The molecule has 6 heteroatoms. The van der Waals surface area contributed by atoms with Crippen molar-refractivity contribution in [2.75, 3.05) is 7.05 Å². The molecule has 2 rings (SSSR count). The smallest absolute Gasteiger partial charge is 0.314 e. The van der Waals surface area contributed by atoms with Crippen LogP contribution in [0.3, 0.4) is 0 Å². The van der Waals surface area contributed by atoms with Crippen molar-refractivity contribution >= 4 is 5.69 Å². The number of ether oxygens (including phenoxy) is 1. The Hall–Kier alpha value is -2.47. The number of hydrogen-bond acceptors (Lipinski definition) is 5. The second-order valence-corrected chi connectivity index (χ2v) is 4.69. The Morgan fingerprint density at radius 3 is 2.76 bits per heavy atom. The van der Waals surface area contributed by atoms with Gasteiger partial charge in [-0.15, -0.1) is 0 Å². The van der Waals surface area contributed by atoms with Crippen LogP contribution in [0.4, 0.5) is 5.69 Å². The van der Waals surface area contributed by atoms with E-state index in [9.17, 15) is 10.1 Å². The molecule has 0 spiro atoms. The molecule has 1 unspecified atom stereocenters. The van der Waals surface area contributed by atoms with E-state index in [4.69, 9.17) is 4.74 Å². The molecule has 0 aliphatic carbocycles. The first-order valence-corrected chi connectivity index (χ1v) is 6.58. The summed E-state index contributed by atoms with van der Waals surface area (Å²) in [7, 11) is 1.83. The van der Waals surface area contributed by atoms with Crippen molar-refractivity contribution in [3.8, 4) is 11.6 Å². The van der Waals surface area contributed by atoms with Crippen LogP contribution in [-0.2, 0) is 0 Å². The van der Waals surface area contributed by atoms with E-state index in [0.717, 1.165) is 5.56 Å². The molecule has 0 amide bonds. The Bertz CT molecular complexity index is 658. The highest BCUT2D eigenvalue weighted by Crippen LogP contribution is 2.35. The lowest BCUT2D eigenvalue weighted by molar-refractivity contribution is -0.386. The van der Waals surface area contributed by atoms with E-state index in [1.54, 1.807) is 37.4 Å². The predicted octanol–water partition coefficient (Wildman–Crippen LogP) is 3.37. The lowest BCUT2D eigenvalue weighted by atomic mass is 10.1. The van der Waals surface area contributed by atoms with Crippen molar-refractivity contribution in [3.63, 3.8) is 0 Å². The van der Waals surface area contributed by atoms with Crippen molar-refractivity contribution in [1.82, 2.24) is 10.3 Å². The fourth-order valence-corrected chi connectivity index (χ4v) is 2.03. The molecule has 1 atom stereocenters. The lowest BCUT2D eigenvalue weighted by Crippen LogP contribution is -2.13. The zero-order valence-corrected chi connectivity index (χ0v) is 12.2. The van der Waals surface area contributed by atoms with Crippen molar-refractivity contribution in [3.05, 3.63) is 57.8 Å². The van der Waals surface area contributed by atoms with Gasteiger partial charge in [-0.3, -0.25) is 10.1 Å². The van der Waals surface area contributed by atoms with Crippen LogP contribution in [0.15, 0.2) is 36.5 Å². The topological polar surface area (TPSA) is 77.3 Å². The number of rotatable bonds is 5. The number of nitrogens with one attached hydrogen (secondary N) is 1. The third kappa shape index (κ3) is 3.17. The van der Waals surface area contributed by atoms with Gasteiger partial charge in [0.15, 0.2) is 0 Å². The van der Waals surface area contributed by atoms with Crippen LogP contribution < -0.4 is 10.1 Å². The van der Waals surface area contributed by atoms with Gasteiger partial charge in [-0.05, 0) is 33.0 Å². The number of aromatic nitrogens is 1. The summed E-state index contributed by atoms with van der Waals surface area (Å²) < 4.78 is 5.71. The van der Waals surface area contributed by atoms with Crippen LogP contribution in [0.5, 0.6) is 11.6 Å². The number of nitro benzene ring substituents is 1. The van der Waals surface area contributed by atoms with Gasteiger partial charge < -0.3 is 10.1 Å². The van der Waals surface area contributed by atoms with Gasteiger partial charge in [0.25, 0.3) is 0 Å². The molecular formula is C15H17N3O3. The normalized spacial score (nSPS) is 12.0. The van der Waals surface area contributed by atoms with Crippen molar-refractivity contribution < 1.29 is 9.66 Å². The van der Waals surface area contributed by atoms with Crippen molar-refractivity contribution in [2.45, 2.75) is 19.9 Å². The van der Waals surface area contributed by atoms with E-state index in [-0.39, 0.29) is 17.5 Å². The van der Waals surface area contributed by atoms with Gasteiger partial charge in [-0.2, -0.15) is 0 Å². The third-order valence-electron chi connectivity index (χ3n) is 3.29. The number of benzene rings is 1. The minimum atomic E-state index is -0.436. The van der Waals surface area contributed by atoms with Gasteiger partial charge in [0.05, 0.1) is 4.92 Å². The van der Waals surface area contributed by atoms with Gasteiger partial charge in [0, 0.05) is 23.4 Å². The molecule has 1 heterocycles. The number of hydrogen-bond donors (Lipinski definition) is 1. The SMILES string of the molecule is CNC(C)c1cccnc1Oc1cccc(C)c1[N+](=O)[O-]. The largest absolute Gasteiger partial charge is 0.431 e. The number of nitro groups is 1. The Morgan fingerprint density at radius 2 is 2.10 bits per heavy atom. The highest BCUT2D eigenvalue weighted by molar-refractivity contribution is 5.53. The van der Waals surface area contributed by atoms with E-state index < -0.39 is 4.92 Å². The Kier molecular flexibility index (Phi) is 4.49. The summed E-state index contributed by atoms with van der Waals surface area (Å²) in [5, 5.41) is 14.3. The molecule has 0 aliphatic rings. The quantitative estimate of drug-likeness (QED) is 0.674. The highest BCUT2D eigenvalue weighted by atomic mass is 16.6. The van der Waals surface area contributed by atoms with E-state index in [2.05, 4.69) is 10.3 Å². The molecule has 1 N–H and O–H groups in total. The molecule has 6 nitrogen and oxygen atoms in total. The molecule has 2 aromatic rings. The number of pyridine rings is 1. The second-order valence-electron chi connectivity index (χ2n) is 4.69. The Balaban J connectivity index is 2.44. The zero-order chi connectivity index (χ0) is 15.4. The summed E-state index contributed by atoms with van der Waals surface area (Å²) >= 11 is 0. The first kappa shape index (κ1) is 14.9. The van der Waals surface area contributed by atoms with Gasteiger partial charge in [-0.1, -0.05) is 18.2 Å². The molecule has 0 saturated carbocycles. The van der Waals surface area contributed by atoms with Crippen LogP contribution in [0.25, 0.3) is 0 Å². The molecule has 1 aromatic heterocycles. The average molecular weight is 287 g/mol. The van der Waals surface area contributed by atoms with Crippen LogP contribution in [-0.4, -0.2) is 17.0 Å². The summed E-state index contributed by atoms with van der Waals surface area (Å²) in [6.07, 6.45) is 1.60. The first-order chi connectivity index (χ1) is 10.0. The minimum Gasteiger partial charge on any atom is -0.431 e. The number of nitrogens with zero attached hydrogens (tertiary/aromatic N) is 2. The standard InChI is InChI=1S/C15H17N3O3/c1-10-6-4-8-13(14(10)18(19)20)21-15-12(11(2)16-3)7-5-9-17-15/h4-9,11,16H,1-3H3. The van der Waals surface area contributed by atoms with Crippen molar-refractivity contribution in [2.24, 2.45) is 0 Å². The molecule has 110 valence electrons. The van der Waals surface area contributed by atoms with Gasteiger partial charge in [0.2, 0.25) is 11.6 Å². The molecule has 0 radical (unpaired) electrons. The van der Waals surface area contributed by atoms with Crippen LogP contribution >= 0.6 is 0 Å². The maximum absolute atomic E-state index is 11.2. The van der Waals surface area contributed by atoms with Gasteiger partial charge in [0.1, 0.15) is 0 Å². The lowest BCUT2D eigenvalue weighted by Gasteiger charge is -2.15. The number of para-hydroxylation sites is 1. The Labute approximate surface area is 122 Å². The first-order valence-electron chi connectivity index (χ1n) is 6.58. The fraction of sp³-hybridized carbons (Fsp3) is 0.267. The maximum atomic E-state index is 11.2. The summed E-state index contributed by atoms with van der Waals surface area (Å²) in [4.78, 5) is 15.0. The Morgan fingerprint density at radius 1 is 1.33 bits per heavy atom. The predicted molar refractivity (Wildman–Crippen MR) is 79.6 cm³/mol. The van der Waals surface area contributed by atoms with E-state index in [1.807, 2.05) is 20.0 Å².